The van der Waals surface area contributed by atoms with Gasteiger partial charge in [-0.3, -0.25) is 9.59 Å². The van der Waals surface area contributed by atoms with Crippen LogP contribution in [-0.4, -0.2) is 61.1 Å². The van der Waals surface area contributed by atoms with Crippen molar-refractivity contribution in [3.63, 3.8) is 0 Å². The van der Waals surface area contributed by atoms with Gasteiger partial charge in [-0.2, -0.15) is 11.8 Å². The van der Waals surface area contributed by atoms with Crippen molar-refractivity contribution < 1.29 is 14.3 Å². The Morgan fingerprint density at radius 1 is 1.23 bits per heavy atom. The lowest BCUT2D eigenvalue weighted by atomic mass is 9.98. The number of amides is 2. The molecule has 0 saturated carbocycles. The van der Waals surface area contributed by atoms with Gasteiger partial charge in [0.25, 0.3) is 0 Å². The molecule has 0 aromatic rings. The van der Waals surface area contributed by atoms with Crippen LogP contribution in [0.2, 0.25) is 0 Å². The Morgan fingerprint density at radius 2 is 2.00 bits per heavy atom. The summed E-state index contributed by atoms with van der Waals surface area (Å²) >= 11 is 1.70. The number of likely N-dealkylation sites (tertiary alicyclic amines) is 1. The Balaban J connectivity index is 1.83. The van der Waals surface area contributed by atoms with Crippen molar-refractivity contribution in [3.05, 3.63) is 0 Å². The summed E-state index contributed by atoms with van der Waals surface area (Å²) in [5.41, 5.74) is 0. The summed E-state index contributed by atoms with van der Waals surface area (Å²) in [6.07, 6.45) is 7.33. The zero-order valence-corrected chi connectivity index (χ0v) is 14.3. The first-order valence-corrected chi connectivity index (χ1v) is 9.75. The van der Waals surface area contributed by atoms with E-state index in [1.807, 2.05) is 11.2 Å². The van der Waals surface area contributed by atoms with E-state index in [4.69, 9.17) is 4.74 Å². The molecule has 126 valence electrons. The maximum Gasteiger partial charge on any atom is 0.223 e. The van der Waals surface area contributed by atoms with Gasteiger partial charge < -0.3 is 15.0 Å². The van der Waals surface area contributed by atoms with Gasteiger partial charge in [-0.25, -0.2) is 0 Å². The molecule has 2 fully saturated rings. The summed E-state index contributed by atoms with van der Waals surface area (Å²) in [5, 5.41) is 3.18. The van der Waals surface area contributed by atoms with Gasteiger partial charge >= 0.3 is 0 Å². The summed E-state index contributed by atoms with van der Waals surface area (Å²) in [5.74, 6) is 1.32. The van der Waals surface area contributed by atoms with Crippen LogP contribution in [0.15, 0.2) is 0 Å². The van der Waals surface area contributed by atoms with E-state index < -0.39 is 0 Å². The van der Waals surface area contributed by atoms with Gasteiger partial charge in [0.1, 0.15) is 0 Å². The van der Waals surface area contributed by atoms with Gasteiger partial charge in [-0.05, 0) is 38.4 Å². The smallest absolute Gasteiger partial charge is 0.223 e. The van der Waals surface area contributed by atoms with E-state index in [2.05, 4.69) is 5.32 Å². The van der Waals surface area contributed by atoms with Gasteiger partial charge in [0.05, 0.1) is 0 Å². The second kappa shape index (κ2) is 9.40. The van der Waals surface area contributed by atoms with Gasteiger partial charge in [-0.15, -0.1) is 0 Å². The Morgan fingerprint density at radius 3 is 2.73 bits per heavy atom. The lowest BCUT2D eigenvalue weighted by molar-refractivity contribution is -0.133. The second-order valence-corrected chi connectivity index (χ2v) is 7.16. The van der Waals surface area contributed by atoms with Crippen molar-refractivity contribution in [2.45, 2.75) is 44.6 Å². The van der Waals surface area contributed by atoms with E-state index in [1.54, 1.807) is 11.8 Å². The van der Waals surface area contributed by atoms with Crippen LogP contribution in [0.1, 0.15) is 38.5 Å². The zero-order valence-electron chi connectivity index (χ0n) is 13.5. The van der Waals surface area contributed by atoms with Crippen LogP contribution in [0.25, 0.3) is 0 Å². The standard InChI is InChI=1S/C16H28N2O3S/c1-22-11-7-15(19)18-8-3-2-4-14(12-18)17-16(20)13-5-9-21-10-6-13/h13-14H,2-12H2,1H3,(H,17,20)/t14-/m1/s1. The number of hydrogen-bond acceptors (Lipinski definition) is 4. The van der Waals surface area contributed by atoms with Crippen molar-refractivity contribution in [1.82, 2.24) is 10.2 Å². The topological polar surface area (TPSA) is 58.6 Å². The van der Waals surface area contributed by atoms with Gasteiger partial charge in [-0.1, -0.05) is 0 Å². The highest BCUT2D eigenvalue weighted by Gasteiger charge is 2.27. The molecule has 0 radical (unpaired) electrons. The highest BCUT2D eigenvalue weighted by Crippen LogP contribution is 2.17. The minimum atomic E-state index is 0.0812. The predicted octanol–water partition coefficient (Wildman–Crippen LogP) is 1.66. The van der Waals surface area contributed by atoms with Crippen LogP contribution in [0, 0.1) is 5.92 Å². The van der Waals surface area contributed by atoms with Gasteiger partial charge in [0, 0.05) is 50.4 Å². The van der Waals surface area contributed by atoms with Gasteiger partial charge in [0.2, 0.25) is 11.8 Å². The number of hydrogen-bond donors (Lipinski definition) is 1. The summed E-state index contributed by atoms with van der Waals surface area (Å²) in [6, 6.07) is 0.107. The molecule has 6 heteroatoms. The van der Waals surface area contributed by atoms with Crippen LogP contribution in [-0.2, 0) is 14.3 Å². The number of ether oxygens (including phenoxy) is 1. The molecule has 2 amide bonds. The molecule has 2 saturated heterocycles. The van der Waals surface area contributed by atoms with Crippen molar-refractivity contribution >= 4 is 23.6 Å². The van der Waals surface area contributed by atoms with Crippen LogP contribution in [0.5, 0.6) is 0 Å². The van der Waals surface area contributed by atoms with E-state index in [0.717, 1.165) is 44.4 Å². The van der Waals surface area contributed by atoms with Crippen LogP contribution < -0.4 is 5.32 Å². The Kier molecular flexibility index (Phi) is 7.52. The third kappa shape index (κ3) is 5.47. The molecule has 0 aliphatic carbocycles. The molecule has 0 bridgehead atoms. The average Bonchev–Trinajstić information content (AvgIpc) is 2.79. The number of carbonyl (C=O) groups is 2. The van der Waals surface area contributed by atoms with Gasteiger partial charge in [0.15, 0.2) is 0 Å². The average molecular weight is 328 g/mol. The molecule has 1 N–H and O–H groups in total. The molecule has 5 nitrogen and oxygen atoms in total. The van der Waals surface area contributed by atoms with E-state index in [0.29, 0.717) is 26.2 Å². The van der Waals surface area contributed by atoms with Crippen molar-refractivity contribution in [2.75, 3.05) is 38.3 Å². The summed E-state index contributed by atoms with van der Waals surface area (Å²) in [6.45, 7) is 2.86. The fourth-order valence-electron chi connectivity index (χ4n) is 3.11. The lowest BCUT2D eigenvalue weighted by Crippen LogP contribution is -2.47. The first-order valence-electron chi connectivity index (χ1n) is 8.35. The summed E-state index contributed by atoms with van der Waals surface area (Å²) in [7, 11) is 0. The van der Waals surface area contributed by atoms with Crippen LogP contribution >= 0.6 is 11.8 Å². The van der Waals surface area contributed by atoms with E-state index in [1.165, 1.54) is 0 Å². The predicted molar refractivity (Wildman–Crippen MR) is 88.9 cm³/mol. The van der Waals surface area contributed by atoms with Crippen LogP contribution in [0.3, 0.4) is 0 Å². The van der Waals surface area contributed by atoms with E-state index in [9.17, 15) is 9.59 Å². The van der Waals surface area contributed by atoms with Crippen LogP contribution in [0.4, 0.5) is 0 Å². The van der Waals surface area contributed by atoms with Crippen molar-refractivity contribution in [1.29, 1.82) is 0 Å². The minimum absolute atomic E-state index is 0.0812. The maximum absolute atomic E-state index is 12.4. The van der Waals surface area contributed by atoms with Crippen molar-refractivity contribution in [2.24, 2.45) is 5.92 Å². The SMILES string of the molecule is CSCCC(=O)N1CCCC[C@@H](NC(=O)C2CCOCC2)C1. The number of nitrogens with zero attached hydrogens (tertiary/aromatic N) is 1. The molecule has 0 aromatic heterocycles. The minimum Gasteiger partial charge on any atom is -0.381 e. The quantitative estimate of drug-likeness (QED) is 0.834. The fraction of sp³-hybridized carbons (Fsp3) is 0.875. The zero-order chi connectivity index (χ0) is 15.8. The molecule has 2 aliphatic rings. The van der Waals surface area contributed by atoms with Crippen molar-refractivity contribution in [3.8, 4) is 0 Å². The molecular formula is C16H28N2O3S. The monoisotopic (exact) mass is 328 g/mol. The van der Waals surface area contributed by atoms with E-state index in [-0.39, 0.29) is 23.8 Å². The Labute approximate surface area is 137 Å². The molecule has 2 aliphatic heterocycles. The molecule has 0 aromatic carbocycles. The molecule has 0 spiro atoms. The lowest BCUT2D eigenvalue weighted by Gasteiger charge is -2.28. The van der Waals surface area contributed by atoms with E-state index >= 15 is 0 Å². The normalized spacial score (nSPS) is 23.9. The molecule has 22 heavy (non-hydrogen) atoms. The third-order valence-corrected chi connectivity index (χ3v) is 5.09. The molecular weight excluding hydrogens is 300 g/mol. The molecule has 2 heterocycles. The maximum atomic E-state index is 12.4. The Hall–Kier alpha value is -0.750. The summed E-state index contributed by atoms with van der Waals surface area (Å²) in [4.78, 5) is 26.5. The molecule has 1 atom stereocenters. The third-order valence-electron chi connectivity index (χ3n) is 4.48. The molecule has 2 rings (SSSR count). The fourth-order valence-corrected chi connectivity index (χ4v) is 3.49. The summed E-state index contributed by atoms with van der Waals surface area (Å²) < 4.78 is 5.31. The molecule has 0 unspecified atom stereocenters. The first-order chi connectivity index (χ1) is 10.7. The highest BCUT2D eigenvalue weighted by atomic mass is 32.2. The largest absolute Gasteiger partial charge is 0.381 e. The Bertz CT molecular complexity index is 372. The second-order valence-electron chi connectivity index (χ2n) is 6.17. The number of thioether (sulfide) groups is 1. The number of nitrogens with one attached hydrogen (secondary N) is 1. The highest BCUT2D eigenvalue weighted by molar-refractivity contribution is 7.98. The first kappa shape index (κ1) is 17.6. The number of carbonyl (C=O) groups excluding carboxylic acids is 2. The number of rotatable bonds is 5.